The molecule has 70 valence electrons. The Kier molecular flexibility index (Phi) is 2.73. The standard InChI is InChI=1S/C9H18N2O/c1-9(2,3)6-11-7-4-8(12)10-5-7/h7,11H,4-6H2,1-3H3,(H,10,12). The van der Waals surface area contributed by atoms with Crippen molar-refractivity contribution in [1.29, 1.82) is 0 Å². The molecule has 1 amide bonds. The van der Waals surface area contributed by atoms with Crippen molar-refractivity contribution >= 4 is 5.91 Å². The van der Waals surface area contributed by atoms with Gasteiger partial charge in [0.05, 0.1) is 0 Å². The summed E-state index contributed by atoms with van der Waals surface area (Å²) in [5.41, 5.74) is 0.297. The van der Waals surface area contributed by atoms with E-state index in [4.69, 9.17) is 0 Å². The molecule has 0 aromatic carbocycles. The summed E-state index contributed by atoms with van der Waals surface area (Å²) < 4.78 is 0. The second-order valence-electron chi connectivity index (χ2n) is 4.65. The van der Waals surface area contributed by atoms with Crippen LogP contribution in [0.2, 0.25) is 0 Å². The molecule has 0 spiro atoms. The maximum atomic E-state index is 10.8. The Morgan fingerprint density at radius 3 is 2.67 bits per heavy atom. The van der Waals surface area contributed by atoms with Gasteiger partial charge in [0.15, 0.2) is 0 Å². The highest BCUT2D eigenvalue weighted by molar-refractivity contribution is 5.78. The minimum Gasteiger partial charge on any atom is -0.354 e. The van der Waals surface area contributed by atoms with Crippen molar-refractivity contribution in [2.45, 2.75) is 33.2 Å². The zero-order valence-corrected chi connectivity index (χ0v) is 8.11. The van der Waals surface area contributed by atoms with Gasteiger partial charge in [0.25, 0.3) is 0 Å². The van der Waals surface area contributed by atoms with Crippen LogP contribution in [0, 0.1) is 5.41 Å². The van der Waals surface area contributed by atoms with Crippen molar-refractivity contribution in [2.24, 2.45) is 5.41 Å². The molecule has 0 aromatic heterocycles. The molecule has 2 N–H and O–H groups in total. The Bertz CT molecular complexity index is 172. The van der Waals surface area contributed by atoms with Gasteiger partial charge in [0, 0.05) is 25.6 Å². The van der Waals surface area contributed by atoms with Crippen molar-refractivity contribution in [3.63, 3.8) is 0 Å². The fourth-order valence-electron chi connectivity index (χ4n) is 1.20. The number of hydrogen-bond donors (Lipinski definition) is 2. The van der Waals surface area contributed by atoms with Crippen molar-refractivity contribution < 1.29 is 4.79 Å². The van der Waals surface area contributed by atoms with Gasteiger partial charge >= 0.3 is 0 Å². The predicted molar refractivity (Wildman–Crippen MR) is 48.9 cm³/mol. The molecular formula is C9H18N2O. The Balaban J connectivity index is 2.20. The van der Waals surface area contributed by atoms with E-state index in [9.17, 15) is 4.79 Å². The number of hydrogen-bond acceptors (Lipinski definition) is 2. The van der Waals surface area contributed by atoms with Gasteiger partial charge in [-0.1, -0.05) is 20.8 Å². The molecule has 0 bridgehead atoms. The van der Waals surface area contributed by atoms with E-state index in [1.807, 2.05) is 0 Å². The second-order valence-corrected chi connectivity index (χ2v) is 4.65. The monoisotopic (exact) mass is 170 g/mol. The lowest BCUT2D eigenvalue weighted by molar-refractivity contribution is -0.119. The van der Waals surface area contributed by atoms with Gasteiger partial charge < -0.3 is 10.6 Å². The molecule has 1 heterocycles. The molecule has 1 aliphatic heterocycles. The van der Waals surface area contributed by atoms with Gasteiger partial charge in [0.2, 0.25) is 5.91 Å². The summed E-state index contributed by atoms with van der Waals surface area (Å²) in [6, 6.07) is 0.344. The first-order chi connectivity index (χ1) is 5.47. The molecule has 3 heteroatoms. The van der Waals surface area contributed by atoms with Gasteiger partial charge in [-0.3, -0.25) is 4.79 Å². The normalized spacial score (nSPS) is 24.2. The smallest absolute Gasteiger partial charge is 0.221 e. The van der Waals surface area contributed by atoms with E-state index in [-0.39, 0.29) is 5.91 Å². The van der Waals surface area contributed by atoms with Gasteiger partial charge in [0.1, 0.15) is 0 Å². The first-order valence-electron chi connectivity index (χ1n) is 4.47. The minimum absolute atomic E-state index is 0.168. The van der Waals surface area contributed by atoms with Crippen LogP contribution >= 0.6 is 0 Å². The van der Waals surface area contributed by atoms with Crippen LogP contribution in [0.4, 0.5) is 0 Å². The van der Waals surface area contributed by atoms with Crippen LogP contribution in [-0.4, -0.2) is 25.0 Å². The highest BCUT2D eigenvalue weighted by Gasteiger charge is 2.22. The second kappa shape index (κ2) is 3.44. The van der Waals surface area contributed by atoms with Crippen molar-refractivity contribution in [3.8, 4) is 0 Å². The molecule has 1 unspecified atom stereocenters. The zero-order chi connectivity index (χ0) is 9.19. The van der Waals surface area contributed by atoms with Gasteiger partial charge in [-0.25, -0.2) is 0 Å². The van der Waals surface area contributed by atoms with E-state index >= 15 is 0 Å². The summed E-state index contributed by atoms with van der Waals surface area (Å²) in [5, 5.41) is 6.17. The van der Waals surface area contributed by atoms with Crippen LogP contribution in [-0.2, 0) is 4.79 Å². The molecule has 1 atom stereocenters. The molecular weight excluding hydrogens is 152 g/mol. The summed E-state index contributed by atoms with van der Waals surface area (Å²) >= 11 is 0. The molecule has 1 fully saturated rings. The summed E-state index contributed by atoms with van der Waals surface area (Å²) in [5.74, 6) is 0.168. The molecule has 0 saturated carbocycles. The minimum atomic E-state index is 0.168. The van der Waals surface area contributed by atoms with E-state index in [1.54, 1.807) is 0 Å². The van der Waals surface area contributed by atoms with Crippen LogP contribution in [0.1, 0.15) is 27.2 Å². The fraction of sp³-hybridized carbons (Fsp3) is 0.889. The lowest BCUT2D eigenvalue weighted by Crippen LogP contribution is -2.36. The topological polar surface area (TPSA) is 41.1 Å². The van der Waals surface area contributed by atoms with E-state index < -0.39 is 0 Å². The Morgan fingerprint density at radius 1 is 1.58 bits per heavy atom. The van der Waals surface area contributed by atoms with Gasteiger partial charge in [-0.05, 0) is 5.41 Å². The Hall–Kier alpha value is -0.570. The fourth-order valence-corrected chi connectivity index (χ4v) is 1.20. The van der Waals surface area contributed by atoms with Gasteiger partial charge in [-0.15, -0.1) is 0 Å². The third kappa shape index (κ3) is 3.22. The number of amides is 1. The first kappa shape index (κ1) is 9.52. The summed E-state index contributed by atoms with van der Waals surface area (Å²) in [6.45, 7) is 8.31. The molecule has 1 rings (SSSR count). The summed E-state index contributed by atoms with van der Waals surface area (Å²) in [4.78, 5) is 10.8. The molecule has 0 aliphatic carbocycles. The van der Waals surface area contributed by atoms with E-state index in [1.165, 1.54) is 0 Å². The number of rotatable bonds is 2. The summed E-state index contributed by atoms with van der Waals surface area (Å²) in [6.07, 6.45) is 0.635. The SMILES string of the molecule is CC(C)(C)CNC1CNC(=O)C1. The molecule has 0 aromatic rings. The highest BCUT2D eigenvalue weighted by atomic mass is 16.1. The molecule has 12 heavy (non-hydrogen) atoms. The molecule has 0 radical (unpaired) electrons. The largest absolute Gasteiger partial charge is 0.354 e. The number of carbonyl (C=O) groups excluding carboxylic acids is 1. The molecule has 3 nitrogen and oxygen atoms in total. The highest BCUT2D eigenvalue weighted by Crippen LogP contribution is 2.11. The maximum absolute atomic E-state index is 10.8. The first-order valence-corrected chi connectivity index (χ1v) is 4.47. The van der Waals surface area contributed by atoms with Gasteiger partial charge in [-0.2, -0.15) is 0 Å². The van der Waals surface area contributed by atoms with Crippen molar-refractivity contribution in [1.82, 2.24) is 10.6 Å². The van der Waals surface area contributed by atoms with Crippen molar-refractivity contribution in [3.05, 3.63) is 0 Å². The number of carbonyl (C=O) groups is 1. The van der Waals surface area contributed by atoms with Crippen LogP contribution in [0.25, 0.3) is 0 Å². The van der Waals surface area contributed by atoms with Crippen LogP contribution in [0.5, 0.6) is 0 Å². The average molecular weight is 170 g/mol. The van der Waals surface area contributed by atoms with Crippen LogP contribution in [0.15, 0.2) is 0 Å². The lowest BCUT2D eigenvalue weighted by Gasteiger charge is -2.21. The van der Waals surface area contributed by atoms with E-state index in [0.717, 1.165) is 13.1 Å². The Labute approximate surface area is 73.9 Å². The Morgan fingerprint density at radius 2 is 2.25 bits per heavy atom. The lowest BCUT2D eigenvalue weighted by atomic mass is 9.96. The third-order valence-corrected chi connectivity index (χ3v) is 1.90. The molecule has 1 saturated heterocycles. The van der Waals surface area contributed by atoms with E-state index in [2.05, 4.69) is 31.4 Å². The predicted octanol–water partition coefficient (Wildman–Crippen LogP) is 0.511. The van der Waals surface area contributed by atoms with Crippen LogP contribution in [0.3, 0.4) is 0 Å². The summed E-state index contributed by atoms with van der Waals surface area (Å²) in [7, 11) is 0. The zero-order valence-electron chi connectivity index (χ0n) is 8.11. The quantitative estimate of drug-likeness (QED) is 0.634. The third-order valence-electron chi connectivity index (χ3n) is 1.90. The van der Waals surface area contributed by atoms with Crippen molar-refractivity contribution in [2.75, 3.05) is 13.1 Å². The van der Waals surface area contributed by atoms with E-state index in [0.29, 0.717) is 17.9 Å². The van der Waals surface area contributed by atoms with Crippen LogP contribution < -0.4 is 10.6 Å². The number of nitrogens with one attached hydrogen (secondary N) is 2. The maximum Gasteiger partial charge on any atom is 0.221 e. The average Bonchev–Trinajstić information content (AvgIpc) is 2.30. The molecule has 1 aliphatic rings.